The third-order valence-electron chi connectivity index (χ3n) is 2.71. The Morgan fingerprint density at radius 3 is 2.55 bits per heavy atom. The number of carbonyl (C=O) groups excluding carboxylic acids is 1. The van der Waals surface area contributed by atoms with E-state index in [1.807, 2.05) is 44.2 Å². The van der Waals surface area contributed by atoms with E-state index in [2.05, 4.69) is 5.32 Å². The van der Waals surface area contributed by atoms with Crippen molar-refractivity contribution < 1.29 is 9.53 Å². The molecule has 0 aliphatic rings. The van der Waals surface area contributed by atoms with Crippen LogP contribution in [0.25, 0.3) is 0 Å². The maximum Gasteiger partial charge on any atom is 0.237 e. The zero-order valence-corrected chi connectivity index (χ0v) is 13.0. The van der Waals surface area contributed by atoms with Crippen molar-refractivity contribution in [2.45, 2.75) is 38.8 Å². The van der Waals surface area contributed by atoms with Crippen molar-refractivity contribution in [2.24, 2.45) is 5.73 Å². The molecule has 0 aromatic heterocycles. The van der Waals surface area contributed by atoms with Crippen LogP contribution in [0.2, 0.25) is 0 Å². The summed E-state index contributed by atoms with van der Waals surface area (Å²) in [7, 11) is 0. The van der Waals surface area contributed by atoms with Crippen molar-refractivity contribution in [3.8, 4) is 0 Å². The maximum atomic E-state index is 11.8. The molecule has 4 nitrogen and oxygen atoms in total. The minimum absolute atomic E-state index is 0. The number of ether oxygens (including phenoxy) is 1. The number of benzene rings is 1. The van der Waals surface area contributed by atoms with Gasteiger partial charge in [0.05, 0.1) is 12.1 Å². The molecular formula is C15H25ClN2O2. The number of hydrogen-bond acceptors (Lipinski definition) is 3. The molecule has 1 rings (SSSR count). The molecular weight excluding hydrogens is 276 g/mol. The van der Waals surface area contributed by atoms with Crippen molar-refractivity contribution >= 4 is 18.3 Å². The van der Waals surface area contributed by atoms with Crippen LogP contribution in [-0.2, 0) is 16.0 Å². The predicted molar refractivity (Wildman–Crippen MR) is 84.1 cm³/mol. The summed E-state index contributed by atoms with van der Waals surface area (Å²) < 4.78 is 5.40. The first kappa shape index (κ1) is 18.9. The van der Waals surface area contributed by atoms with Crippen molar-refractivity contribution in [2.75, 3.05) is 13.2 Å². The van der Waals surface area contributed by atoms with Gasteiger partial charge >= 0.3 is 0 Å². The molecule has 114 valence electrons. The lowest BCUT2D eigenvalue weighted by Crippen LogP contribution is -2.42. The molecule has 1 amide bonds. The van der Waals surface area contributed by atoms with Gasteiger partial charge in [0.25, 0.3) is 0 Å². The highest BCUT2D eigenvalue weighted by molar-refractivity contribution is 5.85. The quantitative estimate of drug-likeness (QED) is 0.721. The van der Waals surface area contributed by atoms with Crippen molar-refractivity contribution in [3.63, 3.8) is 0 Å². The van der Waals surface area contributed by atoms with Gasteiger partial charge in [-0.05, 0) is 32.3 Å². The summed E-state index contributed by atoms with van der Waals surface area (Å²) in [5, 5.41) is 2.83. The van der Waals surface area contributed by atoms with E-state index in [4.69, 9.17) is 10.5 Å². The van der Waals surface area contributed by atoms with Crippen molar-refractivity contribution in [1.82, 2.24) is 5.32 Å². The average molecular weight is 301 g/mol. The number of hydrogen-bond donors (Lipinski definition) is 2. The SMILES string of the molecule is CC(C)OCCCNC(=O)C(N)Cc1ccccc1.Cl. The van der Waals surface area contributed by atoms with Gasteiger partial charge < -0.3 is 15.8 Å². The second-order valence-corrected chi connectivity index (χ2v) is 4.86. The van der Waals surface area contributed by atoms with Crippen LogP contribution in [0, 0.1) is 0 Å². The summed E-state index contributed by atoms with van der Waals surface area (Å²) in [5.74, 6) is -0.103. The predicted octanol–water partition coefficient (Wildman–Crippen LogP) is 1.91. The zero-order valence-electron chi connectivity index (χ0n) is 12.2. The smallest absolute Gasteiger partial charge is 0.237 e. The fourth-order valence-electron chi connectivity index (χ4n) is 1.69. The molecule has 1 aromatic rings. The molecule has 0 aliphatic carbocycles. The number of amides is 1. The number of rotatable bonds is 8. The average Bonchev–Trinajstić information content (AvgIpc) is 2.38. The first-order chi connectivity index (χ1) is 9.09. The van der Waals surface area contributed by atoms with Crippen molar-refractivity contribution in [1.29, 1.82) is 0 Å². The van der Waals surface area contributed by atoms with Gasteiger partial charge in [0, 0.05) is 13.2 Å². The minimum atomic E-state index is -0.492. The van der Waals surface area contributed by atoms with E-state index in [1.54, 1.807) is 0 Å². The van der Waals surface area contributed by atoms with Gasteiger partial charge in [0.2, 0.25) is 5.91 Å². The Kier molecular flexibility index (Phi) is 10.1. The van der Waals surface area contributed by atoms with Gasteiger partial charge in [-0.2, -0.15) is 0 Å². The lowest BCUT2D eigenvalue weighted by atomic mass is 10.1. The van der Waals surface area contributed by atoms with E-state index in [0.717, 1.165) is 12.0 Å². The highest BCUT2D eigenvalue weighted by Crippen LogP contribution is 2.01. The van der Waals surface area contributed by atoms with E-state index < -0.39 is 6.04 Å². The van der Waals surface area contributed by atoms with Crippen molar-refractivity contribution in [3.05, 3.63) is 35.9 Å². The third kappa shape index (κ3) is 8.15. The van der Waals surface area contributed by atoms with Gasteiger partial charge in [-0.1, -0.05) is 30.3 Å². The van der Waals surface area contributed by atoms with E-state index >= 15 is 0 Å². The molecule has 0 spiro atoms. The molecule has 0 saturated heterocycles. The first-order valence-corrected chi connectivity index (χ1v) is 6.78. The first-order valence-electron chi connectivity index (χ1n) is 6.78. The zero-order chi connectivity index (χ0) is 14.1. The molecule has 1 aromatic carbocycles. The van der Waals surface area contributed by atoms with Crippen LogP contribution < -0.4 is 11.1 Å². The molecule has 0 bridgehead atoms. The normalized spacial score (nSPS) is 11.8. The summed E-state index contributed by atoms with van der Waals surface area (Å²) in [6.45, 7) is 5.25. The highest BCUT2D eigenvalue weighted by atomic mass is 35.5. The molecule has 0 fully saturated rings. The Bertz CT molecular complexity index is 371. The molecule has 0 radical (unpaired) electrons. The van der Waals surface area contributed by atoms with E-state index in [1.165, 1.54) is 0 Å². The Hall–Kier alpha value is -1.10. The highest BCUT2D eigenvalue weighted by Gasteiger charge is 2.12. The van der Waals surface area contributed by atoms with Crippen LogP contribution in [0.5, 0.6) is 0 Å². The lowest BCUT2D eigenvalue weighted by Gasteiger charge is -2.13. The minimum Gasteiger partial charge on any atom is -0.379 e. The Morgan fingerprint density at radius 2 is 1.95 bits per heavy atom. The van der Waals surface area contributed by atoms with Gasteiger partial charge in [-0.15, -0.1) is 12.4 Å². The molecule has 0 saturated carbocycles. The summed E-state index contributed by atoms with van der Waals surface area (Å²) in [6, 6.07) is 9.30. The number of carbonyl (C=O) groups is 1. The standard InChI is InChI=1S/C15H24N2O2.ClH/c1-12(2)19-10-6-9-17-15(18)14(16)11-13-7-4-3-5-8-13;/h3-5,7-8,12,14H,6,9-11,16H2,1-2H3,(H,17,18);1H. The van der Waals surface area contributed by atoms with Gasteiger partial charge in [0.15, 0.2) is 0 Å². The summed E-state index contributed by atoms with van der Waals surface area (Å²) in [4.78, 5) is 11.8. The van der Waals surface area contributed by atoms with Crippen LogP contribution >= 0.6 is 12.4 Å². The fraction of sp³-hybridized carbons (Fsp3) is 0.533. The van der Waals surface area contributed by atoms with E-state index in [9.17, 15) is 4.79 Å². The number of halogens is 1. The number of nitrogens with two attached hydrogens (primary N) is 1. The van der Waals surface area contributed by atoms with E-state index in [0.29, 0.717) is 19.6 Å². The molecule has 0 aliphatic heterocycles. The molecule has 3 N–H and O–H groups in total. The summed E-state index contributed by atoms with van der Waals surface area (Å²) in [5.41, 5.74) is 6.95. The van der Waals surface area contributed by atoms with Gasteiger partial charge in [-0.3, -0.25) is 4.79 Å². The van der Waals surface area contributed by atoms with Crippen LogP contribution in [0.4, 0.5) is 0 Å². The van der Waals surface area contributed by atoms with Gasteiger partial charge in [-0.25, -0.2) is 0 Å². The largest absolute Gasteiger partial charge is 0.379 e. The summed E-state index contributed by atoms with van der Waals surface area (Å²) in [6.07, 6.45) is 1.60. The molecule has 20 heavy (non-hydrogen) atoms. The second kappa shape index (κ2) is 10.7. The fourth-order valence-corrected chi connectivity index (χ4v) is 1.69. The lowest BCUT2D eigenvalue weighted by molar-refractivity contribution is -0.122. The Labute approximate surface area is 127 Å². The molecule has 1 unspecified atom stereocenters. The summed E-state index contributed by atoms with van der Waals surface area (Å²) >= 11 is 0. The van der Waals surface area contributed by atoms with E-state index in [-0.39, 0.29) is 24.4 Å². The van der Waals surface area contributed by atoms with Crippen LogP contribution in [0.1, 0.15) is 25.8 Å². The topological polar surface area (TPSA) is 64.3 Å². The number of nitrogens with one attached hydrogen (secondary N) is 1. The molecule has 5 heteroatoms. The monoisotopic (exact) mass is 300 g/mol. The van der Waals surface area contributed by atoms with Crippen LogP contribution in [0.3, 0.4) is 0 Å². The van der Waals surface area contributed by atoms with Crippen LogP contribution in [-0.4, -0.2) is 31.2 Å². The third-order valence-corrected chi connectivity index (χ3v) is 2.71. The molecule has 1 atom stereocenters. The Balaban J connectivity index is 0.00000361. The molecule has 0 heterocycles. The second-order valence-electron chi connectivity index (χ2n) is 4.86. The van der Waals surface area contributed by atoms with Gasteiger partial charge in [0.1, 0.15) is 0 Å². The maximum absolute atomic E-state index is 11.8. The van der Waals surface area contributed by atoms with Crippen LogP contribution in [0.15, 0.2) is 30.3 Å². The Morgan fingerprint density at radius 1 is 1.30 bits per heavy atom.